The summed E-state index contributed by atoms with van der Waals surface area (Å²) < 4.78 is 38.8. The van der Waals surface area contributed by atoms with Crippen LogP contribution in [0.4, 0.5) is 18.9 Å². The van der Waals surface area contributed by atoms with Crippen LogP contribution >= 0.6 is 0 Å². The second-order valence-corrected chi connectivity index (χ2v) is 8.10. The van der Waals surface area contributed by atoms with E-state index >= 15 is 0 Å². The third-order valence-corrected chi connectivity index (χ3v) is 5.94. The number of benzene rings is 2. The SMILES string of the molecule is Cc1ccc2c(c1)[C@@H]1C[NH+](C)CC[C@@H]1N2C(=O)/C=C/c1cccc(C(F)(F)F)c1. The lowest BCUT2D eigenvalue weighted by atomic mass is 9.89. The molecule has 2 aliphatic heterocycles. The quantitative estimate of drug-likeness (QED) is 0.767. The van der Waals surface area contributed by atoms with Gasteiger partial charge in [0.15, 0.2) is 0 Å². The number of rotatable bonds is 2. The van der Waals surface area contributed by atoms with Crippen molar-refractivity contribution in [3.8, 4) is 0 Å². The molecule has 1 unspecified atom stereocenters. The van der Waals surface area contributed by atoms with Gasteiger partial charge in [-0.3, -0.25) is 4.79 Å². The fourth-order valence-electron chi connectivity index (χ4n) is 4.55. The minimum absolute atomic E-state index is 0.106. The number of carbonyl (C=O) groups excluding carboxylic acids is 1. The Hall–Kier alpha value is -2.60. The number of aryl methyl sites for hydroxylation is 1. The first kappa shape index (κ1) is 19.7. The summed E-state index contributed by atoms with van der Waals surface area (Å²) in [6.07, 6.45) is -0.623. The topological polar surface area (TPSA) is 24.8 Å². The van der Waals surface area contributed by atoms with Crippen molar-refractivity contribution in [2.24, 2.45) is 0 Å². The van der Waals surface area contributed by atoms with Crippen LogP contribution in [0.3, 0.4) is 0 Å². The smallest absolute Gasteiger partial charge is 0.337 e. The number of likely N-dealkylation sites (N-methyl/N-ethyl adjacent to an activating group) is 1. The van der Waals surface area contributed by atoms with E-state index in [1.165, 1.54) is 34.2 Å². The highest BCUT2D eigenvalue weighted by atomic mass is 19.4. The molecule has 0 saturated carbocycles. The summed E-state index contributed by atoms with van der Waals surface area (Å²) in [6.45, 7) is 4.02. The van der Waals surface area contributed by atoms with Crippen LogP contribution in [0.2, 0.25) is 0 Å². The van der Waals surface area contributed by atoms with Crippen LogP contribution in [0.15, 0.2) is 48.5 Å². The molecular weight excluding hydrogens is 377 g/mol. The van der Waals surface area contributed by atoms with Crippen LogP contribution in [0.5, 0.6) is 0 Å². The van der Waals surface area contributed by atoms with E-state index in [2.05, 4.69) is 13.1 Å². The maximum absolute atomic E-state index is 13.1. The van der Waals surface area contributed by atoms with Gasteiger partial charge in [-0.05, 0) is 42.3 Å². The van der Waals surface area contributed by atoms with Crippen molar-refractivity contribution in [3.05, 3.63) is 70.8 Å². The van der Waals surface area contributed by atoms with Gasteiger partial charge in [-0.1, -0.05) is 29.8 Å². The summed E-state index contributed by atoms with van der Waals surface area (Å²) in [4.78, 5) is 16.4. The Bertz CT molecular complexity index is 967. The summed E-state index contributed by atoms with van der Waals surface area (Å²) in [5, 5.41) is 0. The van der Waals surface area contributed by atoms with E-state index in [1.54, 1.807) is 6.07 Å². The third-order valence-electron chi connectivity index (χ3n) is 5.94. The van der Waals surface area contributed by atoms with E-state index in [-0.39, 0.29) is 11.9 Å². The van der Waals surface area contributed by atoms with Crippen LogP contribution in [0, 0.1) is 6.92 Å². The molecule has 6 heteroatoms. The van der Waals surface area contributed by atoms with Gasteiger partial charge >= 0.3 is 6.18 Å². The molecule has 3 nitrogen and oxygen atoms in total. The van der Waals surface area contributed by atoms with E-state index in [9.17, 15) is 18.0 Å². The number of nitrogens with one attached hydrogen (secondary N) is 1. The van der Waals surface area contributed by atoms with Crippen molar-refractivity contribution in [2.45, 2.75) is 31.5 Å². The van der Waals surface area contributed by atoms with Crippen LogP contribution < -0.4 is 9.80 Å². The first-order chi connectivity index (χ1) is 13.7. The molecule has 2 heterocycles. The minimum Gasteiger partial charge on any atom is -0.337 e. The Morgan fingerprint density at radius 3 is 2.76 bits per heavy atom. The lowest BCUT2D eigenvalue weighted by Crippen LogP contribution is -3.11. The fraction of sp³-hybridized carbons (Fsp3) is 0.348. The lowest BCUT2D eigenvalue weighted by Gasteiger charge is -2.34. The number of nitrogens with zero attached hydrogens (tertiary/aromatic N) is 1. The average Bonchev–Trinajstić information content (AvgIpc) is 2.98. The zero-order chi connectivity index (χ0) is 20.8. The number of amides is 1. The van der Waals surface area contributed by atoms with Gasteiger partial charge < -0.3 is 9.80 Å². The molecule has 152 valence electrons. The van der Waals surface area contributed by atoms with Crippen molar-refractivity contribution in [1.82, 2.24) is 0 Å². The second-order valence-electron chi connectivity index (χ2n) is 8.10. The second kappa shape index (κ2) is 7.34. The maximum atomic E-state index is 13.1. The molecule has 1 fully saturated rings. The van der Waals surface area contributed by atoms with Gasteiger partial charge in [-0.2, -0.15) is 13.2 Å². The number of halogens is 3. The molecule has 2 aliphatic rings. The molecule has 3 atom stereocenters. The van der Waals surface area contributed by atoms with Gasteiger partial charge in [0, 0.05) is 18.2 Å². The number of carbonyl (C=O) groups is 1. The number of hydrogen-bond donors (Lipinski definition) is 1. The minimum atomic E-state index is -4.40. The standard InChI is InChI=1S/C23H23F3N2O/c1-15-6-8-20-18(12-15)19-14-27(2)11-10-21(19)28(20)22(29)9-7-16-4-3-5-17(13-16)23(24,25)26/h3-9,12-13,19,21H,10-11,14H2,1-2H3/p+1/b9-7+/t19-,21-/m0/s1. The van der Waals surface area contributed by atoms with E-state index in [0.717, 1.165) is 37.3 Å². The molecule has 29 heavy (non-hydrogen) atoms. The number of fused-ring (bicyclic) bond motifs is 3. The highest BCUT2D eigenvalue weighted by Gasteiger charge is 2.45. The molecule has 2 aromatic rings. The normalized spacial score (nSPS) is 23.9. The molecule has 0 radical (unpaired) electrons. The average molecular weight is 401 g/mol. The Morgan fingerprint density at radius 1 is 1.21 bits per heavy atom. The van der Waals surface area contributed by atoms with E-state index in [0.29, 0.717) is 11.5 Å². The Morgan fingerprint density at radius 2 is 2.00 bits per heavy atom. The van der Waals surface area contributed by atoms with Crippen molar-refractivity contribution < 1.29 is 22.9 Å². The fourth-order valence-corrected chi connectivity index (χ4v) is 4.55. The molecule has 0 aromatic heterocycles. The van der Waals surface area contributed by atoms with Crippen LogP contribution in [0.1, 0.15) is 34.6 Å². The van der Waals surface area contributed by atoms with Crippen molar-refractivity contribution in [1.29, 1.82) is 0 Å². The Labute approximate surface area is 168 Å². The molecule has 0 spiro atoms. The summed E-state index contributed by atoms with van der Waals surface area (Å²) >= 11 is 0. The van der Waals surface area contributed by atoms with Crippen LogP contribution in [-0.2, 0) is 11.0 Å². The predicted octanol–water partition coefficient (Wildman–Crippen LogP) is 3.44. The van der Waals surface area contributed by atoms with Gasteiger partial charge in [0.05, 0.1) is 37.7 Å². The zero-order valence-corrected chi connectivity index (χ0v) is 16.5. The van der Waals surface area contributed by atoms with Gasteiger partial charge in [-0.15, -0.1) is 0 Å². The molecule has 1 N–H and O–H groups in total. The highest BCUT2D eigenvalue weighted by molar-refractivity contribution is 6.06. The van der Waals surface area contributed by atoms with Gasteiger partial charge in [0.1, 0.15) is 0 Å². The summed E-state index contributed by atoms with van der Waals surface area (Å²) in [7, 11) is 2.17. The first-order valence-electron chi connectivity index (χ1n) is 9.84. The van der Waals surface area contributed by atoms with Crippen molar-refractivity contribution in [2.75, 3.05) is 25.0 Å². The van der Waals surface area contributed by atoms with Crippen LogP contribution in [0.25, 0.3) is 6.08 Å². The molecule has 1 amide bonds. The highest BCUT2D eigenvalue weighted by Crippen LogP contribution is 2.43. The number of anilines is 1. The van der Waals surface area contributed by atoms with Gasteiger partial charge in [-0.25, -0.2) is 0 Å². The molecule has 2 aromatic carbocycles. The number of piperidine rings is 1. The largest absolute Gasteiger partial charge is 0.416 e. The van der Waals surface area contributed by atoms with Crippen molar-refractivity contribution in [3.63, 3.8) is 0 Å². The predicted molar refractivity (Wildman–Crippen MR) is 107 cm³/mol. The summed E-state index contributed by atoms with van der Waals surface area (Å²) in [5.74, 6) is 0.115. The van der Waals surface area contributed by atoms with Crippen molar-refractivity contribution >= 4 is 17.7 Å². The van der Waals surface area contributed by atoms with E-state index < -0.39 is 11.7 Å². The number of likely N-dealkylation sites (tertiary alicyclic amines) is 1. The molecule has 0 aliphatic carbocycles. The lowest BCUT2D eigenvalue weighted by molar-refractivity contribution is -0.886. The number of quaternary nitrogens is 1. The Kier molecular flexibility index (Phi) is 4.99. The molecular formula is C23H24F3N2O+. The summed E-state index contributed by atoms with van der Waals surface area (Å²) in [6, 6.07) is 11.3. The molecule has 4 rings (SSSR count). The molecule has 0 bridgehead atoms. The third kappa shape index (κ3) is 3.81. The molecule has 1 saturated heterocycles. The van der Waals surface area contributed by atoms with Crippen LogP contribution in [-0.4, -0.2) is 32.1 Å². The number of alkyl halides is 3. The maximum Gasteiger partial charge on any atom is 0.416 e. The summed E-state index contributed by atoms with van der Waals surface area (Å²) in [5.41, 5.74) is 2.95. The van der Waals surface area contributed by atoms with Gasteiger partial charge in [0.25, 0.3) is 5.91 Å². The Balaban J connectivity index is 1.63. The van der Waals surface area contributed by atoms with E-state index in [1.807, 2.05) is 24.0 Å². The van der Waals surface area contributed by atoms with Gasteiger partial charge in [0.2, 0.25) is 0 Å². The number of hydrogen-bond acceptors (Lipinski definition) is 1. The first-order valence-corrected chi connectivity index (χ1v) is 9.84. The monoisotopic (exact) mass is 401 g/mol. The zero-order valence-electron chi connectivity index (χ0n) is 16.5. The van der Waals surface area contributed by atoms with E-state index in [4.69, 9.17) is 0 Å².